The number of ether oxygens (including phenoxy) is 3. The second-order valence-electron chi connectivity index (χ2n) is 5.78. The van der Waals surface area contributed by atoms with E-state index in [1.54, 1.807) is 20.8 Å². The Hall–Kier alpha value is -4.02. The van der Waals surface area contributed by atoms with Gasteiger partial charge in [-0.15, -0.1) is 0 Å². The molecule has 11 nitrogen and oxygen atoms in total. The third kappa shape index (κ3) is 6.49. The van der Waals surface area contributed by atoms with Gasteiger partial charge >= 0.3 is 17.9 Å². The van der Waals surface area contributed by atoms with Crippen molar-refractivity contribution in [2.75, 3.05) is 25.6 Å². The molecule has 0 aliphatic carbocycles. The molecule has 0 spiro atoms. The van der Waals surface area contributed by atoms with Crippen molar-refractivity contribution in [1.29, 1.82) is 0 Å². The van der Waals surface area contributed by atoms with Crippen LogP contribution in [0.5, 0.6) is 0 Å². The van der Waals surface area contributed by atoms with Gasteiger partial charge in [0.25, 0.3) is 0 Å². The SMILES string of the molecule is CCOC(=O)c1nc(C(=O)OCC)nc(C(=O)OCC)n1.Nc1cc2ccccc2[nH]1. The number of carbonyl (C=O) groups excluding carboxylic acids is 3. The summed E-state index contributed by atoms with van der Waals surface area (Å²) in [6, 6.07) is 9.94. The highest BCUT2D eigenvalue weighted by atomic mass is 16.5. The second-order valence-corrected chi connectivity index (χ2v) is 5.78. The summed E-state index contributed by atoms with van der Waals surface area (Å²) < 4.78 is 14.2. The first kappa shape index (κ1) is 23.3. The fourth-order valence-electron chi connectivity index (χ4n) is 2.33. The average molecular weight is 429 g/mol. The van der Waals surface area contributed by atoms with Crippen LogP contribution < -0.4 is 5.73 Å². The summed E-state index contributed by atoms with van der Waals surface area (Å²) >= 11 is 0. The maximum atomic E-state index is 11.6. The van der Waals surface area contributed by atoms with E-state index in [1.165, 1.54) is 5.39 Å². The zero-order chi connectivity index (χ0) is 22.8. The first-order chi connectivity index (χ1) is 14.9. The Morgan fingerprint density at radius 1 is 0.806 bits per heavy atom. The Bertz CT molecular complexity index is 944. The van der Waals surface area contributed by atoms with Crippen molar-refractivity contribution < 1.29 is 28.6 Å². The summed E-state index contributed by atoms with van der Waals surface area (Å²) in [4.78, 5) is 48.8. The van der Waals surface area contributed by atoms with E-state index in [0.717, 1.165) is 11.3 Å². The molecular formula is C20H23N5O6. The predicted molar refractivity (Wildman–Crippen MR) is 110 cm³/mol. The van der Waals surface area contributed by atoms with Crippen molar-refractivity contribution in [3.05, 3.63) is 47.8 Å². The van der Waals surface area contributed by atoms with Crippen LogP contribution in [0, 0.1) is 0 Å². The van der Waals surface area contributed by atoms with Crippen LogP contribution in [0.25, 0.3) is 10.9 Å². The molecule has 31 heavy (non-hydrogen) atoms. The van der Waals surface area contributed by atoms with E-state index in [0.29, 0.717) is 0 Å². The number of nitrogen functional groups attached to an aromatic ring is 1. The van der Waals surface area contributed by atoms with Crippen LogP contribution in [0.2, 0.25) is 0 Å². The number of rotatable bonds is 6. The van der Waals surface area contributed by atoms with Crippen LogP contribution >= 0.6 is 0 Å². The Balaban J connectivity index is 0.000000280. The van der Waals surface area contributed by atoms with Crippen LogP contribution in [0.1, 0.15) is 52.6 Å². The molecule has 0 amide bonds. The molecule has 0 unspecified atom stereocenters. The van der Waals surface area contributed by atoms with Gasteiger partial charge in [-0.3, -0.25) is 0 Å². The number of hydrogen-bond acceptors (Lipinski definition) is 10. The molecule has 164 valence electrons. The summed E-state index contributed by atoms with van der Waals surface area (Å²) in [7, 11) is 0. The molecule has 0 bridgehead atoms. The molecule has 0 atom stereocenters. The van der Waals surface area contributed by atoms with Gasteiger partial charge in [-0.05, 0) is 32.9 Å². The van der Waals surface area contributed by atoms with Crippen molar-refractivity contribution in [2.45, 2.75) is 20.8 Å². The number of benzene rings is 1. The van der Waals surface area contributed by atoms with Crippen LogP contribution in [-0.2, 0) is 14.2 Å². The lowest BCUT2D eigenvalue weighted by Crippen LogP contribution is -2.21. The van der Waals surface area contributed by atoms with Gasteiger partial charge in [0.1, 0.15) is 5.82 Å². The maximum Gasteiger partial charge on any atom is 0.376 e. The maximum absolute atomic E-state index is 11.6. The number of carbonyl (C=O) groups is 3. The minimum atomic E-state index is -0.879. The smallest absolute Gasteiger partial charge is 0.376 e. The van der Waals surface area contributed by atoms with E-state index in [1.807, 2.05) is 30.3 Å². The van der Waals surface area contributed by atoms with E-state index in [9.17, 15) is 14.4 Å². The lowest BCUT2D eigenvalue weighted by molar-refractivity contribution is 0.0488. The predicted octanol–water partition coefficient (Wildman–Crippen LogP) is 2.15. The van der Waals surface area contributed by atoms with Crippen molar-refractivity contribution >= 4 is 34.6 Å². The molecule has 0 aliphatic rings. The largest absolute Gasteiger partial charge is 0.460 e. The van der Waals surface area contributed by atoms with Crippen LogP contribution in [0.4, 0.5) is 5.82 Å². The summed E-state index contributed by atoms with van der Waals surface area (Å²) in [6.07, 6.45) is 0. The second kappa shape index (κ2) is 11.2. The molecule has 3 N–H and O–H groups in total. The molecule has 3 aromatic rings. The standard InChI is InChI=1S/C12H15N3O6.C8H8N2/c1-4-19-10(16)7-13-8(11(17)20-5-2)15-9(14-7)12(18)21-6-3;9-8-5-6-3-1-2-4-7(6)10-8/h4-6H2,1-3H3;1-5,10H,9H2. The van der Waals surface area contributed by atoms with Gasteiger partial charge in [0.2, 0.25) is 17.5 Å². The molecule has 0 saturated heterocycles. The van der Waals surface area contributed by atoms with E-state index >= 15 is 0 Å². The third-order valence-electron chi connectivity index (χ3n) is 3.56. The number of anilines is 1. The molecule has 0 saturated carbocycles. The summed E-state index contributed by atoms with van der Waals surface area (Å²) in [5.74, 6) is -3.29. The fraction of sp³-hybridized carbons (Fsp3) is 0.300. The zero-order valence-electron chi connectivity index (χ0n) is 17.4. The summed E-state index contributed by atoms with van der Waals surface area (Å²) in [5, 5.41) is 1.17. The highest BCUT2D eigenvalue weighted by Crippen LogP contribution is 2.14. The number of H-pyrrole nitrogens is 1. The van der Waals surface area contributed by atoms with Crippen LogP contribution in [0.15, 0.2) is 30.3 Å². The fourth-order valence-corrected chi connectivity index (χ4v) is 2.33. The molecule has 0 aliphatic heterocycles. The van der Waals surface area contributed by atoms with Crippen LogP contribution in [0.3, 0.4) is 0 Å². The Morgan fingerprint density at radius 2 is 1.23 bits per heavy atom. The zero-order valence-corrected chi connectivity index (χ0v) is 17.4. The molecule has 0 radical (unpaired) electrons. The number of nitrogens with two attached hydrogens (primary N) is 1. The van der Waals surface area contributed by atoms with Gasteiger partial charge in [0.05, 0.1) is 19.8 Å². The lowest BCUT2D eigenvalue weighted by atomic mass is 10.3. The van der Waals surface area contributed by atoms with Crippen molar-refractivity contribution in [1.82, 2.24) is 19.9 Å². The Labute approximate surface area is 177 Å². The minimum absolute atomic E-state index is 0.0913. The van der Waals surface area contributed by atoms with E-state index in [2.05, 4.69) is 19.9 Å². The number of fused-ring (bicyclic) bond motifs is 1. The molecule has 0 fully saturated rings. The number of hydrogen-bond donors (Lipinski definition) is 2. The third-order valence-corrected chi connectivity index (χ3v) is 3.56. The molecule has 2 heterocycles. The van der Waals surface area contributed by atoms with Gasteiger partial charge < -0.3 is 24.9 Å². The summed E-state index contributed by atoms with van der Waals surface area (Å²) in [6.45, 7) is 5.06. The highest BCUT2D eigenvalue weighted by Gasteiger charge is 2.23. The number of nitrogens with zero attached hydrogens (tertiary/aromatic N) is 3. The molecule has 11 heteroatoms. The van der Waals surface area contributed by atoms with Gasteiger partial charge in [-0.1, -0.05) is 18.2 Å². The monoisotopic (exact) mass is 429 g/mol. The van der Waals surface area contributed by atoms with Crippen molar-refractivity contribution in [3.8, 4) is 0 Å². The molecule has 1 aromatic carbocycles. The molecular weight excluding hydrogens is 406 g/mol. The van der Waals surface area contributed by atoms with Gasteiger partial charge in [0, 0.05) is 10.9 Å². The number of aromatic amines is 1. The van der Waals surface area contributed by atoms with Gasteiger partial charge in [-0.25, -0.2) is 14.4 Å². The van der Waals surface area contributed by atoms with E-state index < -0.39 is 35.4 Å². The normalized spacial score (nSPS) is 10.0. The quantitative estimate of drug-likeness (QED) is 0.439. The number of nitrogens with one attached hydrogen (secondary N) is 1. The minimum Gasteiger partial charge on any atom is -0.460 e. The Morgan fingerprint density at radius 3 is 1.61 bits per heavy atom. The van der Waals surface area contributed by atoms with Crippen LogP contribution in [-0.4, -0.2) is 57.7 Å². The highest BCUT2D eigenvalue weighted by molar-refractivity contribution is 5.92. The van der Waals surface area contributed by atoms with E-state index in [-0.39, 0.29) is 19.8 Å². The van der Waals surface area contributed by atoms with Gasteiger partial charge in [-0.2, -0.15) is 15.0 Å². The van der Waals surface area contributed by atoms with Crippen molar-refractivity contribution in [2.24, 2.45) is 0 Å². The number of esters is 3. The summed E-state index contributed by atoms with van der Waals surface area (Å²) in [5.41, 5.74) is 6.63. The van der Waals surface area contributed by atoms with Crippen molar-refractivity contribution in [3.63, 3.8) is 0 Å². The molecule has 3 rings (SSSR count). The van der Waals surface area contributed by atoms with E-state index in [4.69, 9.17) is 19.9 Å². The number of aromatic nitrogens is 4. The topological polar surface area (TPSA) is 159 Å². The average Bonchev–Trinajstić information content (AvgIpc) is 3.14. The lowest BCUT2D eigenvalue weighted by Gasteiger charge is -2.06. The first-order valence-corrected chi connectivity index (χ1v) is 9.50. The molecule has 2 aromatic heterocycles. The van der Waals surface area contributed by atoms with Gasteiger partial charge in [0.15, 0.2) is 0 Å². The first-order valence-electron chi connectivity index (χ1n) is 9.50. The number of para-hydroxylation sites is 1. The Kier molecular flexibility index (Phi) is 8.43.